The van der Waals surface area contributed by atoms with Crippen LogP contribution in [0.4, 0.5) is 5.69 Å². The highest BCUT2D eigenvalue weighted by Gasteiger charge is 2.38. The number of anilines is 1. The number of hydrogen-bond acceptors (Lipinski definition) is 4. The van der Waals surface area contributed by atoms with Crippen LogP contribution in [0.2, 0.25) is 0 Å². The fraction of sp³-hybridized carbons (Fsp3) is 0.438. The Labute approximate surface area is 133 Å². The highest BCUT2D eigenvalue weighted by Crippen LogP contribution is 2.36. The van der Waals surface area contributed by atoms with Crippen LogP contribution in [-0.4, -0.2) is 60.6 Å². The van der Waals surface area contributed by atoms with Gasteiger partial charge in [0.05, 0.1) is 19.1 Å². The molecular formula is C16H18N2O5. The van der Waals surface area contributed by atoms with Crippen LogP contribution in [-0.2, 0) is 19.1 Å². The minimum Gasteiger partial charge on any atom is -0.479 e. The number of nitrogens with zero attached hydrogens (tertiary/aromatic N) is 2. The molecule has 0 saturated carbocycles. The molecule has 0 aromatic heterocycles. The van der Waals surface area contributed by atoms with Gasteiger partial charge in [0.25, 0.3) is 0 Å². The summed E-state index contributed by atoms with van der Waals surface area (Å²) in [4.78, 5) is 39.1. The van der Waals surface area contributed by atoms with Crippen molar-refractivity contribution < 1.29 is 24.2 Å². The fourth-order valence-corrected chi connectivity index (χ4v) is 3.08. The van der Waals surface area contributed by atoms with Crippen molar-refractivity contribution >= 4 is 23.5 Å². The number of ether oxygens (including phenoxy) is 1. The second-order valence-electron chi connectivity index (χ2n) is 5.75. The Bertz CT molecular complexity index is 660. The summed E-state index contributed by atoms with van der Waals surface area (Å²) in [7, 11) is 1.69. The van der Waals surface area contributed by atoms with Gasteiger partial charge < -0.3 is 19.6 Å². The van der Waals surface area contributed by atoms with Crippen LogP contribution in [0.1, 0.15) is 17.9 Å². The molecule has 7 nitrogen and oxygen atoms in total. The average Bonchev–Trinajstić information content (AvgIpc) is 2.57. The number of morpholine rings is 1. The molecular weight excluding hydrogens is 300 g/mol. The van der Waals surface area contributed by atoms with Gasteiger partial charge in [0, 0.05) is 25.7 Å². The predicted molar refractivity (Wildman–Crippen MR) is 81.2 cm³/mol. The van der Waals surface area contributed by atoms with Crippen LogP contribution in [0.5, 0.6) is 0 Å². The van der Waals surface area contributed by atoms with Crippen LogP contribution < -0.4 is 4.90 Å². The molecule has 2 atom stereocenters. The van der Waals surface area contributed by atoms with Crippen molar-refractivity contribution in [3.63, 3.8) is 0 Å². The normalized spacial score (nSPS) is 24.3. The van der Waals surface area contributed by atoms with Crippen molar-refractivity contribution in [3.05, 3.63) is 29.8 Å². The van der Waals surface area contributed by atoms with E-state index in [4.69, 9.17) is 9.84 Å². The first-order chi connectivity index (χ1) is 11.0. The second kappa shape index (κ2) is 6.00. The lowest BCUT2D eigenvalue weighted by atomic mass is 9.88. The van der Waals surface area contributed by atoms with Crippen molar-refractivity contribution in [2.24, 2.45) is 0 Å². The van der Waals surface area contributed by atoms with Gasteiger partial charge in [-0.1, -0.05) is 18.2 Å². The maximum absolute atomic E-state index is 12.8. The number of aliphatic carboxylic acids is 1. The third-order valence-electron chi connectivity index (χ3n) is 4.38. The molecule has 0 radical (unpaired) electrons. The van der Waals surface area contributed by atoms with Crippen molar-refractivity contribution in [1.29, 1.82) is 0 Å². The van der Waals surface area contributed by atoms with Gasteiger partial charge in [-0.05, 0) is 11.6 Å². The standard InChI is InChI=1S/C16H18N2O5/c1-17-12-5-3-2-4-10(12)11(8-14(17)19)15(20)18-6-7-23-13(9-18)16(21)22/h2-5,11,13H,6-9H2,1H3,(H,21,22)/t11-,13+/m1/s1. The smallest absolute Gasteiger partial charge is 0.334 e. The van der Waals surface area contributed by atoms with Crippen LogP contribution in [0.25, 0.3) is 0 Å². The first-order valence-electron chi connectivity index (χ1n) is 7.47. The minimum absolute atomic E-state index is 0.0108. The predicted octanol–water partition coefficient (Wildman–Crippen LogP) is 0.449. The first-order valence-corrected chi connectivity index (χ1v) is 7.47. The molecule has 0 bridgehead atoms. The Morgan fingerprint density at radius 2 is 2.04 bits per heavy atom. The highest BCUT2D eigenvalue weighted by atomic mass is 16.5. The molecule has 2 aliphatic heterocycles. The Morgan fingerprint density at radius 3 is 2.78 bits per heavy atom. The summed E-state index contributed by atoms with van der Waals surface area (Å²) in [6.07, 6.45) is -0.911. The van der Waals surface area contributed by atoms with Crippen LogP contribution in [0.15, 0.2) is 24.3 Å². The van der Waals surface area contributed by atoms with Gasteiger partial charge in [-0.25, -0.2) is 4.79 Å². The van der Waals surface area contributed by atoms with E-state index in [1.807, 2.05) is 24.3 Å². The van der Waals surface area contributed by atoms with Gasteiger partial charge in [0.15, 0.2) is 6.10 Å². The minimum atomic E-state index is -1.08. The lowest BCUT2D eigenvalue weighted by Crippen LogP contribution is -2.51. The molecule has 23 heavy (non-hydrogen) atoms. The van der Waals surface area contributed by atoms with E-state index in [-0.39, 0.29) is 31.4 Å². The van der Waals surface area contributed by atoms with E-state index < -0.39 is 18.0 Å². The number of para-hydroxylation sites is 1. The van der Waals surface area contributed by atoms with Crippen molar-refractivity contribution in [3.8, 4) is 0 Å². The fourth-order valence-electron chi connectivity index (χ4n) is 3.08. The van der Waals surface area contributed by atoms with Gasteiger partial charge in [0.2, 0.25) is 11.8 Å². The molecule has 1 fully saturated rings. The topological polar surface area (TPSA) is 87.2 Å². The Morgan fingerprint density at radius 1 is 1.30 bits per heavy atom. The van der Waals surface area contributed by atoms with Gasteiger partial charge in [0.1, 0.15) is 0 Å². The Balaban J connectivity index is 1.86. The van der Waals surface area contributed by atoms with Crippen LogP contribution in [0, 0.1) is 0 Å². The summed E-state index contributed by atoms with van der Waals surface area (Å²) >= 11 is 0. The van der Waals surface area contributed by atoms with E-state index in [2.05, 4.69) is 0 Å². The molecule has 1 saturated heterocycles. The molecule has 3 rings (SSSR count). The zero-order valence-corrected chi connectivity index (χ0v) is 12.8. The third-order valence-corrected chi connectivity index (χ3v) is 4.38. The summed E-state index contributed by atoms with van der Waals surface area (Å²) in [6, 6.07) is 7.31. The molecule has 2 heterocycles. The van der Waals surface area contributed by atoms with Gasteiger partial charge in [-0.3, -0.25) is 9.59 Å². The molecule has 0 aliphatic carbocycles. The van der Waals surface area contributed by atoms with Crippen LogP contribution >= 0.6 is 0 Å². The lowest BCUT2D eigenvalue weighted by Gasteiger charge is -2.36. The van der Waals surface area contributed by atoms with Gasteiger partial charge in [-0.15, -0.1) is 0 Å². The largest absolute Gasteiger partial charge is 0.479 e. The summed E-state index contributed by atoms with van der Waals surface area (Å²) in [5.74, 6) is -1.98. The number of amides is 2. The van der Waals surface area contributed by atoms with Gasteiger partial charge in [-0.2, -0.15) is 0 Å². The van der Waals surface area contributed by atoms with E-state index in [1.165, 1.54) is 4.90 Å². The molecule has 7 heteroatoms. The molecule has 122 valence electrons. The number of rotatable bonds is 2. The number of benzene rings is 1. The van der Waals surface area contributed by atoms with E-state index in [1.54, 1.807) is 11.9 Å². The quantitative estimate of drug-likeness (QED) is 0.855. The third kappa shape index (κ3) is 2.79. The summed E-state index contributed by atoms with van der Waals surface area (Å²) in [6.45, 7) is 0.535. The number of carboxylic acids is 1. The van der Waals surface area contributed by atoms with E-state index in [0.717, 1.165) is 11.3 Å². The van der Waals surface area contributed by atoms with Crippen molar-refractivity contribution in [1.82, 2.24) is 4.90 Å². The maximum atomic E-state index is 12.8. The molecule has 1 aromatic rings. The molecule has 2 amide bonds. The van der Waals surface area contributed by atoms with Crippen molar-refractivity contribution in [2.45, 2.75) is 18.4 Å². The molecule has 2 aliphatic rings. The summed E-state index contributed by atoms with van der Waals surface area (Å²) in [5.41, 5.74) is 1.53. The number of carboxylic acid groups (broad SMARTS) is 1. The van der Waals surface area contributed by atoms with E-state index >= 15 is 0 Å². The molecule has 0 spiro atoms. The average molecular weight is 318 g/mol. The SMILES string of the molecule is CN1C(=O)C[C@@H](C(=O)N2CCO[C@H](C(=O)O)C2)c2ccccc21. The molecule has 1 aromatic carbocycles. The molecule has 0 unspecified atom stereocenters. The number of carbonyl (C=O) groups is 3. The Hall–Kier alpha value is -2.41. The maximum Gasteiger partial charge on any atom is 0.334 e. The summed E-state index contributed by atoms with van der Waals surface area (Å²) in [5, 5.41) is 9.06. The van der Waals surface area contributed by atoms with Crippen LogP contribution in [0.3, 0.4) is 0 Å². The van der Waals surface area contributed by atoms with Gasteiger partial charge >= 0.3 is 5.97 Å². The zero-order chi connectivity index (χ0) is 16.6. The second-order valence-corrected chi connectivity index (χ2v) is 5.75. The lowest BCUT2D eigenvalue weighted by molar-refractivity contribution is -0.160. The Kier molecular flexibility index (Phi) is 4.04. The van der Waals surface area contributed by atoms with Crippen molar-refractivity contribution in [2.75, 3.05) is 31.6 Å². The monoisotopic (exact) mass is 318 g/mol. The highest BCUT2D eigenvalue weighted by molar-refractivity contribution is 6.02. The molecule has 1 N–H and O–H groups in total. The zero-order valence-electron chi connectivity index (χ0n) is 12.8. The first kappa shape index (κ1) is 15.5. The van der Waals surface area contributed by atoms with E-state index in [0.29, 0.717) is 6.54 Å². The summed E-state index contributed by atoms with van der Waals surface area (Å²) < 4.78 is 5.15. The number of carbonyl (C=O) groups excluding carboxylic acids is 2. The van der Waals surface area contributed by atoms with E-state index in [9.17, 15) is 14.4 Å². The number of hydrogen-bond donors (Lipinski definition) is 1. The number of fused-ring (bicyclic) bond motifs is 1.